The van der Waals surface area contributed by atoms with E-state index < -0.39 is 0 Å². The SMILES string of the molecule is Cc1noc(C)c1-c1ccc(-c2ccc(C=O)o2)cc1. The predicted octanol–water partition coefficient (Wildman–Crippen LogP) is 4.03. The molecule has 2 aromatic heterocycles. The minimum absolute atomic E-state index is 0.329. The van der Waals surface area contributed by atoms with Crippen molar-refractivity contribution in [2.75, 3.05) is 0 Å². The average Bonchev–Trinajstić information content (AvgIpc) is 3.06. The highest BCUT2D eigenvalue weighted by atomic mass is 16.5. The Morgan fingerprint density at radius 2 is 1.70 bits per heavy atom. The summed E-state index contributed by atoms with van der Waals surface area (Å²) >= 11 is 0. The number of carbonyl (C=O) groups is 1. The van der Waals surface area contributed by atoms with Gasteiger partial charge in [-0.15, -0.1) is 0 Å². The van der Waals surface area contributed by atoms with E-state index >= 15 is 0 Å². The van der Waals surface area contributed by atoms with E-state index in [0.29, 0.717) is 17.8 Å². The summed E-state index contributed by atoms with van der Waals surface area (Å²) in [6.07, 6.45) is 0.696. The molecule has 20 heavy (non-hydrogen) atoms. The summed E-state index contributed by atoms with van der Waals surface area (Å²) < 4.78 is 10.6. The molecule has 3 rings (SSSR count). The van der Waals surface area contributed by atoms with Crippen LogP contribution in [0.15, 0.2) is 45.3 Å². The van der Waals surface area contributed by atoms with E-state index in [1.807, 2.05) is 38.1 Å². The summed E-state index contributed by atoms with van der Waals surface area (Å²) in [5.74, 6) is 1.81. The van der Waals surface area contributed by atoms with Crippen LogP contribution >= 0.6 is 0 Å². The number of nitrogens with zero attached hydrogens (tertiary/aromatic N) is 1. The van der Waals surface area contributed by atoms with Gasteiger partial charge in [-0.1, -0.05) is 29.4 Å². The Bertz CT molecular complexity index is 731. The van der Waals surface area contributed by atoms with Crippen LogP contribution in [0, 0.1) is 13.8 Å². The number of rotatable bonds is 3. The molecule has 4 heteroatoms. The van der Waals surface area contributed by atoms with Gasteiger partial charge >= 0.3 is 0 Å². The highest BCUT2D eigenvalue weighted by Crippen LogP contribution is 2.29. The van der Waals surface area contributed by atoms with Crippen LogP contribution in [-0.4, -0.2) is 11.4 Å². The molecule has 0 unspecified atom stereocenters. The number of aldehydes is 1. The number of furan rings is 1. The molecule has 0 aliphatic carbocycles. The largest absolute Gasteiger partial charge is 0.453 e. The van der Waals surface area contributed by atoms with Crippen molar-refractivity contribution in [1.29, 1.82) is 0 Å². The van der Waals surface area contributed by atoms with E-state index in [2.05, 4.69) is 5.16 Å². The van der Waals surface area contributed by atoms with Gasteiger partial charge in [0.2, 0.25) is 0 Å². The first kappa shape index (κ1) is 12.4. The molecule has 4 nitrogen and oxygen atoms in total. The first-order valence-electron chi connectivity index (χ1n) is 6.27. The molecule has 0 spiro atoms. The van der Waals surface area contributed by atoms with Crippen LogP contribution in [0.4, 0.5) is 0 Å². The molecule has 100 valence electrons. The summed E-state index contributed by atoms with van der Waals surface area (Å²) in [6, 6.07) is 11.3. The molecule has 0 atom stereocenters. The van der Waals surface area contributed by atoms with Gasteiger partial charge in [-0.05, 0) is 31.5 Å². The first-order valence-corrected chi connectivity index (χ1v) is 6.27. The molecule has 0 saturated heterocycles. The Balaban J connectivity index is 1.97. The maximum absolute atomic E-state index is 10.6. The number of benzene rings is 1. The smallest absolute Gasteiger partial charge is 0.185 e. The molecular formula is C16H13NO3. The highest BCUT2D eigenvalue weighted by molar-refractivity contribution is 5.74. The van der Waals surface area contributed by atoms with Crippen molar-refractivity contribution in [2.45, 2.75) is 13.8 Å². The number of carbonyl (C=O) groups excluding carboxylic acids is 1. The maximum atomic E-state index is 10.6. The lowest BCUT2D eigenvalue weighted by Crippen LogP contribution is -1.82. The maximum Gasteiger partial charge on any atom is 0.185 e. The van der Waals surface area contributed by atoms with E-state index in [1.54, 1.807) is 12.1 Å². The lowest BCUT2D eigenvalue weighted by atomic mass is 10.0. The van der Waals surface area contributed by atoms with Crippen LogP contribution in [0.1, 0.15) is 22.0 Å². The zero-order chi connectivity index (χ0) is 14.1. The van der Waals surface area contributed by atoms with Crippen molar-refractivity contribution in [2.24, 2.45) is 0 Å². The molecule has 1 aromatic carbocycles. The molecule has 0 saturated carbocycles. The van der Waals surface area contributed by atoms with Gasteiger partial charge in [0.1, 0.15) is 11.5 Å². The van der Waals surface area contributed by atoms with E-state index in [1.165, 1.54) is 0 Å². The lowest BCUT2D eigenvalue weighted by Gasteiger charge is -2.02. The van der Waals surface area contributed by atoms with Gasteiger partial charge in [0.05, 0.1) is 5.69 Å². The van der Waals surface area contributed by atoms with Crippen molar-refractivity contribution in [3.05, 3.63) is 53.6 Å². The van der Waals surface area contributed by atoms with Crippen molar-refractivity contribution in [3.8, 4) is 22.5 Å². The predicted molar refractivity (Wildman–Crippen MR) is 74.5 cm³/mol. The average molecular weight is 267 g/mol. The summed E-state index contributed by atoms with van der Waals surface area (Å²) in [5.41, 5.74) is 3.86. The van der Waals surface area contributed by atoms with Crippen molar-refractivity contribution in [3.63, 3.8) is 0 Å². The van der Waals surface area contributed by atoms with E-state index in [4.69, 9.17) is 8.94 Å². The second kappa shape index (κ2) is 4.81. The number of aromatic nitrogens is 1. The molecule has 0 aliphatic heterocycles. The fourth-order valence-corrected chi connectivity index (χ4v) is 2.27. The normalized spacial score (nSPS) is 10.7. The Labute approximate surface area is 116 Å². The topological polar surface area (TPSA) is 56.2 Å². The van der Waals surface area contributed by atoms with Crippen LogP contribution in [0.3, 0.4) is 0 Å². The fourth-order valence-electron chi connectivity index (χ4n) is 2.27. The molecular weight excluding hydrogens is 254 g/mol. The van der Waals surface area contributed by atoms with E-state index in [-0.39, 0.29) is 0 Å². The molecule has 0 aliphatic rings. The number of aryl methyl sites for hydroxylation is 2. The quantitative estimate of drug-likeness (QED) is 0.672. The third-order valence-corrected chi connectivity index (χ3v) is 3.23. The molecule has 2 heterocycles. The summed E-state index contributed by atoms with van der Waals surface area (Å²) in [4.78, 5) is 10.6. The Morgan fingerprint density at radius 1 is 1.00 bits per heavy atom. The Kier molecular flexibility index (Phi) is 2.99. The van der Waals surface area contributed by atoms with Crippen molar-refractivity contribution in [1.82, 2.24) is 5.16 Å². The third kappa shape index (κ3) is 2.05. The van der Waals surface area contributed by atoms with Gasteiger partial charge in [-0.3, -0.25) is 4.79 Å². The number of hydrogen-bond acceptors (Lipinski definition) is 4. The zero-order valence-corrected chi connectivity index (χ0v) is 11.2. The highest BCUT2D eigenvalue weighted by Gasteiger charge is 2.12. The van der Waals surface area contributed by atoms with Gasteiger partial charge in [0, 0.05) is 11.1 Å². The second-order valence-electron chi connectivity index (χ2n) is 4.60. The van der Waals surface area contributed by atoms with E-state index in [9.17, 15) is 4.79 Å². The number of hydrogen-bond donors (Lipinski definition) is 0. The minimum atomic E-state index is 0.329. The third-order valence-electron chi connectivity index (χ3n) is 3.23. The molecule has 0 radical (unpaired) electrons. The Morgan fingerprint density at radius 3 is 2.25 bits per heavy atom. The standard InChI is InChI=1S/C16H13NO3/c1-10-16(11(2)20-17-10)13-5-3-12(4-6-13)15-8-7-14(9-18)19-15/h3-9H,1-2H3. The Hall–Kier alpha value is -2.62. The van der Waals surface area contributed by atoms with Crippen LogP contribution in [0.25, 0.3) is 22.5 Å². The van der Waals surface area contributed by atoms with Gasteiger partial charge in [-0.2, -0.15) is 0 Å². The van der Waals surface area contributed by atoms with Crippen LogP contribution in [-0.2, 0) is 0 Å². The van der Waals surface area contributed by atoms with Crippen LogP contribution in [0.5, 0.6) is 0 Å². The molecule has 0 bridgehead atoms. The summed E-state index contributed by atoms with van der Waals surface area (Å²) in [5, 5.41) is 3.96. The second-order valence-corrected chi connectivity index (χ2v) is 4.60. The zero-order valence-electron chi connectivity index (χ0n) is 11.2. The molecule has 0 N–H and O–H groups in total. The summed E-state index contributed by atoms with van der Waals surface area (Å²) in [6.45, 7) is 3.81. The summed E-state index contributed by atoms with van der Waals surface area (Å²) in [7, 11) is 0. The minimum Gasteiger partial charge on any atom is -0.453 e. The van der Waals surface area contributed by atoms with Crippen molar-refractivity contribution >= 4 is 6.29 Å². The van der Waals surface area contributed by atoms with Gasteiger partial charge in [0.25, 0.3) is 0 Å². The van der Waals surface area contributed by atoms with Gasteiger partial charge in [0.15, 0.2) is 12.0 Å². The first-order chi connectivity index (χ1) is 9.69. The van der Waals surface area contributed by atoms with Gasteiger partial charge < -0.3 is 8.94 Å². The van der Waals surface area contributed by atoms with Crippen molar-refractivity contribution < 1.29 is 13.7 Å². The van der Waals surface area contributed by atoms with Crippen LogP contribution in [0.2, 0.25) is 0 Å². The van der Waals surface area contributed by atoms with Gasteiger partial charge in [-0.25, -0.2) is 0 Å². The lowest BCUT2D eigenvalue weighted by molar-refractivity contribution is 0.110. The fraction of sp³-hybridized carbons (Fsp3) is 0.125. The molecule has 0 fully saturated rings. The molecule has 3 aromatic rings. The monoisotopic (exact) mass is 267 g/mol. The molecule has 0 amide bonds. The van der Waals surface area contributed by atoms with E-state index in [0.717, 1.165) is 28.1 Å². The van der Waals surface area contributed by atoms with Crippen LogP contribution < -0.4 is 0 Å².